The van der Waals surface area contributed by atoms with Gasteiger partial charge in [-0.05, 0) is 107 Å². The lowest BCUT2D eigenvalue weighted by Gasteiger charge is -2.39. The first kappa shape index (κ1) is 28.7. The minimum Gasteiger partial charge on any atom is -0.611 e. The molecule has 1 N–H and O–H groups in total. The molecule has 0 bridgehead atoms. The van der Waals surface area contributed by atoms with Gasteiger partial charge in [0.05, 0.1) is 16.8 Å². The number of amides is 1. The summed E-state index contributed by atoms with van der Waals surface area (Å²) in [4.78, 5) is 33.9. The number of thiophene rings is 1. The maximum absolute atomic E-state index is 14.1. The molecule has 2 aliphatic rings. The Morgan fingerprint density at radius 1 is 1.13 bits per heavy atom. The van der Waals surface area contributed by atoms with Gasteiger partial charge in [-0.3, -0.25) is 9.78 Å². The van der Waals surface area contributed by atoms with Gasteiger partial charge in [-0.2, -0.15) is 0 Å². The van der Waals surface area contributed by atoms with Gasteiger partial charge >= 0.3 is 5.97 Å². The molecular weight excluding hydrogens is 516 g/mol. The second-order valence-electron chi connectivity index (χ2n) is 11.7. The van der Waals surface area contributed by atoms with Gasteiger partial charge in [-0.25, -0.2) is 4.79 Å². The molecule has 2 aliphatic carbocycles. The molecule has 204 valence electrons. The van der Waals surface area contributed by atoms with E-state index in [-0.39, 0.29) is 33.4 Å². The fourth-order valence-corrected chi connectivity index (χ4v) is 7.70. The van der Waals surface area contributed by atoms with Crippen LogP contribution in [0.15, 0.2) is 35.5 Å². The predicted molar refractivity (Wildman–Crippen MR) is 153 cm³/mol. The highest BCUT2D eigenvalue weighted by Gasteiger charge is 2.39. The SMILES string of the molecule is CC(C)(C)C#Cc1cc(N(C(=O)[C@H]2CC[C@H](C)CC2)C2CCC([S+]([O-])c3cccnc3)CC2)c(C(=O)O)s1. The molecule has 0 radical (unpaired) electrons. The average molecular weight is 555 g/mol. The summed E-state index contributed by atoms with van der Waals surface area (Å²) in [6.45, 7) is 8.27. The molecule has 1 atom stereocenters. The van der Waals surface area contributed by atoms with Crippen LogP contribution in [0.2, 0.25) is 0 Å². The van der Waals surface area contributed by atoms with Crippen molar-refractivity contribution in [2.24, 2.45) is 17.3 Å². The highest BCUT2D eigenvalue weighted by Crippen LogP contribution is 2.40. The predicted octanol–water partition coefficient (Wildman–Crippen LogP) is 6.52. The van der Waals surface area contributed by atoms with Gasteiger partial charge in [0.25, 0.3) is 0 Å². The number of hydrogen-bond acceptors (Lipinski definition) is 5. The quantitative estimate of drug-likeness (QED) is 0.324. The zero-order valence-electron chi connectivity index (χ0n) is 22.7. The third-order valence-corrected chi connectivity index (χ3v) is 10.3. The molecule has 0 spiro atoms. The molecule has 4 rings (SSSR count). The summed E-state index contributed by atoms with van der Waals surface area (Å²) in [5.74, 6) is 5.85. The normalized spacial score (nSPS) is 24.7. The minimum absolute atomic E-state index is 0.00226. The maximum Gasteiger partial charge on any atom is 0.348 e. The number of carbonyl (C=O) groups excluding carboxylic acids is 1. The van der Waals surface area contributed by atoms with Crippen molar-refractivity contribution < 1.29 is 19.2 Å². The number of rotatable bonds is 6. The molecule has 2 fully saturated rings. The van der Waals surface area contributed by atoms with E-state index in [1.165, 1.54) is 0 Å². The lowest BCUT2D eigenvalue weighted by Crippen LogP contribution is -2.47. The van der Waals surface area contributed by atoms with Crippen molar-refractivity contribution in [2.75, 3.05) is 4.90 Å². The number of carbonyl (C=O) groups is 2. The number of hydrogen-bond donors (Lipinski definition) is 1. The molecule has 0 aliphatic heterocycles. The molecule has 1 unspecified atom stereocenters. The van der Waals surface area contributed by atoms with Crippen molar-refractivity contribution in [3.8, 4) is 11.8 Å². The van der Waals surface area contributed by atoms with Crippen LogP contribution in [0.5, 0.6) is 0 Å². The van der Waals surface area contributed by atoms with Crippen LogP contribution >= 0.6 is 11.3 Å². The van der Waals surface area contributed by atoms with E-state index in [1.807, 2.05) is 26.8 Å². The summed E-state index contributed by atoms with van der Waals surface area (Å²) in [6.07, 6.45) is 9.81. The Kier molecular flexibility index (Phi) is 9.23. The van der Waals surface area contributed by atoms with Crippen molar-refractivity contribution >= 4 is 40.1 Å². The summed E-state index contributed by atoms with van der Waals surface area (Å²) in [7, 11) is 0. The van der Waals surface area contributed by atoms with E-state index in [4.69, 9.17) is 0 Å². The summed E-state index contributed by atoms with van der Waals surface area (Å²) in [5, 5.41) is 10.1. The van der Waals surface area contributed by atoms with Crippen LogP contribution in [0.25, 0.3) is 0 Å². The Morgan fingerprint density at radius 2 is 1.82 bits per heavy atom. The smallest absolute Gasteiger partial charge is 0.348 e. The number of carboxylic acid groups (broad SMARTS) is 1. The minimum atomic E-state index is -1.16. The molecule has 2 aromatic heterocycles. The molecule has 0 saturated heterocycles. The third-order valence-electron chi connectivity index (χ3n) is 7.51. The van der Waals surface area contributed by atoms with E-state index >= 15 is 0 Å². The molecule has 2 heterocycles. The van der Waals surface area contributed by atoms with Crippen molar-refractivity contribution in [1.29, 1.82) is 0 Å². The standard InChI is InChI=1S/C30H38N2O4S2/c1-20-7-9-21(10-8-20)28(33)32(26-18-23(15-16-30(2,3)4)37-27(26)29(34)35)22-11-13-24(14-12-22)38(36)25-6-5-17-31-19-25/h5-6,17-22,24H,7-14H2,1-4H3,(H,34,35)/t20-,21-,22?,24?,38?. The summed E-state index contributed by atoms with van der Waals surface area (Å²) in [5.41, 5.74) is 0.255. The van der Waals surface area contributed by atoms with E-state index in [1.54, 1.807) is 29.4 Å². The molecular formula is C30H38N2O4S2. The number of aromatic carboxylic acids is 1. The van der Waals surface area contributed by atoms with Crippen LogP contribution in [0.4, 0.5) is 5.69 Å². The van der Waals surface area contributed by atoms with E-state index in [0.717, 1.165) is 41.9 Å². The first-order chi connectivity index (χ1) is 18.0. The number of pyridine rings is 1. The molecule has 1 amide bonds. The highest BCUT2D eigenvalue weighted by atomic mass is 32.2. The monoisotopic (exact) mass is 554 g/mol. The Hall–Kier alpha value is -2.34. The molecule has 8 heteroatoms. The zero-order chi connectivity index (χ0) is 27.4. The molecule has 6 nitrogen and oxygen atoms in total. The molecule has 0 aromatic carbocycles. The van der Waals surface area contributed by atoms with Crippen LogP contribution < -0.4 is 4.90 Å². The van der Waals surface area contributed by atoms with Gasteiger partial charge in [-0.1, -0.05) is 18.8 Å². The Balaban J connectivity index is 1.63. The first-order valence-corrected chi connectivity index (χ1v) is 15.6. The lowest BCUT2D eigenvalue weighted by atomic mass is 9.81. The van der Waals surface area contributed by atoms with Gasteiger partial charge in [0.15, 0.2) is 4.90 Å². The number of nitrogens with zero attached hydrogens (tertiary/aromatic N) is 2. The van der Waals surface area contributed by atoms with Crippen molar-refractivity contribution in [1.82, 2.24) is 4.98 Å². The largest absolute Gasteiger partial charge is 0.611 e. The highest BCUT2D eigenvalue weighted by molar-refractivity contribution is 7.92. The number of aromatic nitrogens is 1. The van der Waals surface area contributed by atoms with Gasteiger partial charge < -0.3 is 14.6 Å². The van der Waals surface area contributed by atoms with E-state index in [2.05, 4.69) is 23.7 Å². The van der Waals surface area contributed by atoms with Gasteiger partial charge in [-0.15, -0.1) is 11.3 Å². The van der Waals surface area contributed by atoms with Crippen LogP contribution in [0.3, 0.4) is 0 Å². The van der Waals surface area contributed by atoms with Gasteiger partial charge in [0.2, 0.25) is 5.91 Å². The first-order valence-electron chi connectivity index (χ1n) is 13.6. The van der Waals surface area contributed by atoms with Crippen LogP contribution in [-0.4, -0.2) is 37.8 Å². The van der Waals surface area contributed by atoms with Gasteiger partial charge in [0, 0.05) is 23.6 Å². The average Bonchev–Trinajstić information content (AvgIpc) is 3.32. The zero-order valence-corrected chi connectivity index (χ0v) is 24.4. The topological polar surface area (TPSA) is 93.6 Å². The fraction of sp³-hybridized carbons (Fsp3) is 0.567. The third kappa shape index (κ3) is 6.99. The second kappa shape index (κ2) is 12.2. The number of anilines is 1. The van der Waals surface area contributed by atoms with Crippen molar-refractivity contribution in [3.05, 3.63) is 40.3 Å². The van der Waals surface area contributed by atoms with Crippen LogP contribution in [-0.2, 0) is 16.0 Å². The molecule has 38 heavy (non-hydrogen) atoms. The maximum atomic E-state index is 14.1. The van der Waals surface area contributed by atoms with E-state index < -0.39 is 17.1 Å². The van der Waals surface area contributed by atoms with Gasteiger partial charge in [0.1, 0.15) is 10.1 Å². The summed E-state index contributed by atoms with van der Waals surface area (Å²) in [6, 6.07) is 5.32. The summed E-state index contributed by atoms with van der Waals surface area (Å²) < 4.78 is 13.2. The van der Waals surface area contributed by atoms with E-state index in [9.17, 15) is 19.2 Å². The fourth-order valence-electron chi connectivity index (χ4n) is 5.40. The van der Waals surface area contributed by atoms with E-state index in [0.29, 0.717) is 42.2 Å². The Morgan fingerprint density at radius 3 is 2.39 bits per heavy atom. The lowest BCUT2D eigenvalue weighted by molar-refractivity contribution is -0.124. The van der Waals surface area contributed by atoms with Crippen LogP contribution in [0.1, 0.15) is 93.6 Å². The Labute approximate surface area is 233 Å². The Bertz CT molecular complexity index is 1180. The molecule has 2 saturated carbocycles. The summed E-state index contributed by atoms with van der Waals surface area (Å²) >= 11 is -0.0115. The molecule has 2 aromatic rings. The number of carboxylic acids is 1. The van der Waals surface area contributed by atoms with Crippen LogP contribution in [0, 0.1) is 29.1 Å². The van der Waals surface area contributed by atoms with Crippen molar-refractivity contribution in [2.45, 2.75) is 95.2 Å². The second-order valence-corrected chi connectivity index (χ2v) is 14.5. The van der Waals surface area contributed by atoms with Crippen molar-refractivity contribution in [3.63, 3.8) is 0 Å².